The second kappa shape index (κ2) is 5.70. The number of nitro groups is 1. The molecule has 1 N–H and O–H groups in total. The zero-order valence-corrected chi connectivity index (χ0v) is 10.1. The summed E-state index contributed by atoms with van der Waals surface area (Å²) < 4.78 is 0. The molecule has 2 rings (SSSR count). The number of nitrogens with zero attached hydrogens (tertiary/aromatic N) is 3. The van der Waals surface area contributed by atoms with Crippen molar-refractivity contribution in [1.29, 1.82) is 0 Å². The number of nitro benzene ring substituents is 1. The number of aromatic carboxylic acids is 1. The first-order valence-electron chi connectivity index (χ1n) is 5.56. The average Bonchev–Trinajstić information content (AvgIpc) is 2.46. The summed E-state index contributed by atoms with van der Waals surface area (Å²) >= 11 is 0. The molecule has 0 aliphatic carbocycles. The van der Waals surface area contributed by atoms with Crippen molar-refractivity contribution in [2.75, 3.05) is 0 Å². The molecule has 0 fully saturated rings. The number of hydrogen-bond acceptors (Lipinski definition) is 5. The van der Waals surface area contributed by atoms with Gasteiger partial charge in [-0.05, 0) is 36.4 Å². The Labute approximate surface area is 113 Å². The highest BCUT2D eigenvalue weighted by Gasteiger charge is 2.03. The van der Waals surface area contributed by atoms with Gasteiger partial charge in [0.05, 0.1) is 21.9 Å². The number of carboxylic acid groups (broad SMARTS) is 1. The largest absolute Gasteiger partial charge is 0.478 e. The molecule has 2 aromatic rings. The van der Waals surface area contributed by atoms with E-state index in [1.54, 1.807) is 0 Å². The Bertz CT molecular complexity index is 604. The normalized spacial score (nSPS) is 10.6. The molecule has 100 valence electrons. The van der Waals surface area contributed by atoms with Crippen LogP contribution in [0.15, 0.2) is 58.8 Å². The van der Waals surface area contributed by atoms with E-state index in [1.165, 1.54) is 48.5 Å². The third-order valence-corrected chi connectivity index (χ3v) is 2.46. The smallest absolute Gasteiger partial charge is 0.335 e. The molecule has 0 spiro atoms. The van der Waals surface area contributed by atoms with Gasteiger partial charge >= 0.3 is 5.97 Å². The van der Waals surface area contributed by atoms with Crippen molar-refractivity contribution in [2.45, 2.75) is 0 Å². The number of non-ortho nitro benzene ring substituents is 1. The minimum Gasteiger partial charge on any atom is -0.478 e. The average molecular weight is 271 g/mol. The second-order valence-electron chi connectivity index (χ2n) is 3.83. The van der Waals surface area contributed by atoms with Crippen LogP contribution in [0.4, 0.5) is 17.1 Å². The second-order valence-corrected chi connectivity index (χ2v) is 3.83. The molecule has 0 radical (unpaired) electrons. The molecule has 0 aliphatic heterocycles. The van der Waals surface area contributed by atoms with Crippen LogP contribution in [0.3, 0.4) is 0 Å². The molecule has 0 bridgehead atoms. The maximum absolute atomic E-state index is 10.7. The molecule has 2 aromatic carbocycles. The summed E-state index contributed by atoms with van der Waals surface area (Å²) in [6.07, 6.45) is 0. The van der Waals surface area contributed by atoms with Crippen LogP contribution >= 0.6 is 0 Å². The summed E-state index contributed by atoms with van der Waals surface area (Å²) in [7, 11) is 0. The van der Waals surface area contributed by atoms with E-state index >= 15 is 0 Å². The predicted octanol–water partition coefficient (Wildman–Crippen LogP) is 3.71. The van der Waals surface area contributed by atoms with Crippen molar-refractivity contribution in [1.82, 2.24) is 0 Å². The summed E-state index contributed by atoms with van der Waals surface area (Å²) in [4.78, 5) is 20.7. The number of hydrogen-bond donors (Lipinski definition) is 1. The number of rotatable bonds is 4. The summed E-state index contributed by atoms with van der Waals surface area (Å²) in [5, 5.41) is 27.0. The first-order valence-corrected chi connectivity index (χ1v) is 5.56. The van der Waals surface area contributed by atoms with Crippen molar-refractivity contribution in [3.63, 3.8) is 0 Å². The van der Waals surface area contributed by atoms with Crippen molar-refractivity contribution in [2.24, 2.45) is 10.2 Å². The Hall–Kier alpha value is -3.09. The van der Waals surface area contributed by atoms with Gasteiger partial charge in [0, 0.05) is 12.1 Å². The van der Waals surface area contributed by atoms with Gasteiger partial charge in [-0.15, -0.1) is 0 Å². The fourth-order valence-electron chi connectivity index (χ4n) is 1.43. The summed E-state index contributed by atoms with van der Waals surface area (Å²) in [5.74, 6) is -1.01. The Kier molecular flexibility index (Phi) is 3.80. The summed E-state index contributed by atoms with van der Waals surface area (Å²) in [6, 6.07) is 11.5. The first kappa shape index (κ1) is 13.3. The van der Waals surface area contributed by atoms with Crippen LogP contribution < -0.4 is 0 Å². The quantitative estimate of drug-likeness (QED) is 0.519. The molecule has 7 heteroatoms. The molecular formula is C13H9N3O4. The van der Waals surface area contributed by atoms with E-state index in [0.29, 0.717) is 11.4 Å². The standard InChI is InChI=1S/C13H9N3O4/c17-13(18)9-1-3-10(4-2-9)14-15-11-5-7-12(8-6-11)16(19)20/h1-8H,(H,17,18). The Balaban J connectivity index is 2.12. The van der Waals surface area contributed by atoms with E-state index in [4.69, 9.17) is 5.11 Å². The highest BCUT2D eigenvalue weighted by molar-refractivity contribution is 5.87. The van der Waals surface area contributed by atoms with Crippen LogP contribution in [0.5, 0.6) is 0 Å². The summed E-state index contributed by atoms with van der Waals surface area (Å²) in [6.45, 7) is 0. The summed E-state index contributed by atoms with van der Waals surface area (Å²) in [5.41, 5.74) is 1.11. The molecule has 0 aliphatic rings. The molecule has 0 aromatic heterocycles. The molecule has 7 nitrogen and oxygen atoms in total. The third kappa shape index (κ3) is 3.22. The fourth-order valence-corrected chi connectivity index (χ4v) is 1.43. The maximum Gasteiger partial charge on any atom is 0.335 e. The zero-order valence-electron chi connectivity index (χ0n) is 10.1. The van der Waals surface area contributed by atoms with E-state index in [1.807, 2.05) is 0 Å². The molecular weight excluding hydrogens is 262 g/mol. The molecule has 0 saturated heterocycles. The van der Waals surface area contributed by atoms with Crippen molar-refractivity contribution in [3.05, 3.63) is 64.2 Å². The van der Waals surface area contributed by atoms with Crippen molar-refractivity contribution in [3.8, 4) is 0 Å². The molecule has 0 atom stereocenters. The lowest BCUT2D eigenvalue weighted by atomic mass is 10.2. The van der Waals surface area contributed by atoms with Crippen LogP contribution in [0, 0.1) is 10.1 Å². The van der Waals surface area contributed by atoms with Gasteiger partial charge in [0.2, 0.25) is 0 Å². The Morgan fingerprint density at radius 1 is 0.950 bits per heavy atom. The third-order valence-electron chi connectivity index (χ3n) is 2.46. The Morgan fingerprint density at radius 2 is 1.40 bits per heavy atom. The van der Waals surface area contributed by atoms with Crippen LogP contribution in [0.25, 0.3) is 0 Å². The van der Waals surface area contributed by atoms with E-state index in [-0.39, 0.29) is 11.3 Å². The SMILES string of the molecule is O=C(O)c1ccc(N=Nc2ccc([N+](=O)[O-])cc2)cc1. The lowest BCUT2D eigenvalue weighted by Gasteiger charge is -1.95. The number of carbonyl (C=O) groups is 1. The molecule has 0 unspecified atom stereocenters. The minimum absolute atomic E-state index is 0.0187. The highest BCUT2D eigenvalue weighted by Crippen LogP contribution is 2.21. The van der Waals surface area contributed by atoms with Gasteiger partial charge in [-0.2, -0.15) is 10.2 Å². The van der Waals surface area contributed by atoms with E-state index in [0.717, 1.165) is 0 Å². The highest BCUT2D eigenvalue weighted by atomic mass is 16.6. The van der Waals surface area contributed by atoms with E-state index < -0.39 is 10.9 Å². The Morgan fingerprint density at radius 3 is 1.80 bits per heavy atom. The van der Waals surface area contributed by atoms with Gasteiger partial charge in [-0.25, -0.2) is 4.79 Å². The van der Waals surface area contributed by atoms with Crippen LogP contribution in [-0.4, -0.2) is 16.0 Å². The van der Waals surface area contributed by atoms with Crippen LogP contribution in [0.2, 0.25) is 0 Å². The van der Waals surface area contributed by atoms with Crippen LogP contribution in [-0.2, 0) is 0 Å². The van der Waals surface area contributed by atoms with E-state index in [9.17, 15) is 14.9 Å². The number of carboxylic acids is 1. The minimum atomic E-state index is -1.01. The monoisotopic (exact) mass is 271 g/mol. The van der Waals surface area contributed by atoms with Gasteiger partial charge in [0.15, 0.2) is 0 Å². The van der Waals surface area contributed by atoms with Gasteiger partial charge < -0.3 is 5.11 Å². The zero-order chi connectivity index (χ0) is 14.5. The van der Waals surface area contributed by atoms with Crippen molar-refractivity contribution < 1.29 is 14.8 Å². The molecule has 0 amide bonds. The van der Waals surface area contributed by atoms with Crippen molar-refractivity contribution >= 4 is 23.0 Å². The van der Waals surface area contributed by atoms with E-state index in [2.05, 4.69) is 10.2 Å². The van der Waals surface area contributed by atoms with Gasteiger partial charge in [-0.1, -0.05) is 0 Å². The topological polar surface area (TPSA) is 105 Å². The predicted molar refractivity (Wildman–Crippen MR) is 70.7 cm³/mol. The lowest BCUT2D eigenvalue weighted by molar-refractivity contribution is -0.384. The molecule has 20 heavy (non-hydrogen) atoms. The van der Waals surface area contributed by atoms with Gasteiger partial charge in [-0.3, -0.25) is 10.1 Å². The van der Waals surface area contributed by atoms with Gasteiger partial charge in [0.1, 0.15) is 0 Å². The molecule has 0 heterocycles. The number of benzene rings is 2. The lowest BCUT2D eigenvalue weighted by Crippen LogP contribution is -1.93. The van der Waals surface area contributed by atoms with Crippen LogP contribution in [0.1, 0.15) is 10.4 Å². The fraction of sp³-hybridized carbons (Fsp3) is 0. The maximum atomic E-state index is 10.7. The molecule has 0 saturated carbocycles. The first-order chi connectivity index (χ1) is 9.56. The van der Waals surface area contributed by atoms with Gasteiger partial charge in [0.25, 0.3) is 5.69 Å². The number of azo groups is 1.